The third-order valence-corrected chi connectivity index (χ3v) is 6.73. The predicted molar refractivity (Wildman–Crippen MR) is 89.8 cm³/mol. The van der Waals surface area contributed by atoms with Crippen LogP contribution < -0.4 is 0 Å². The minimum Gasteiger partial charge on any atom is -0.382 e. The smallest absolute Gasteiger partial charge is 0.311 e. The highest BCUT2D eigenvalue weighted by atomic mass is 32.2. The largest absolute Gasteiger partial charge is 0.382 e. The van der Waals surface area contributed by atoms with Gasteiger partial charge in [-0.05, 0) is 18.1 Å². The van der Waals surface area contributed by atoms with Crippen molar-refractivity contribution < 1.29 is 17.3 Å². The molecule has 7 heteroatoms. The van der Waals surface area contributed by atoms with Crippen molar-refractivity contribution in [2.75, 3.05) is 37.8 Å². The van der Waals surface area contributed by atoms with Crippen LogP contribution in [0.15, 0.2) is 34.7 Å². The number of thioether (sulfide) groups is 1. The molecule has 0 amide bonds. The standard InChI is InChI=1S/C16H19NO4S2/c18-23(19)11-14(17-6-8-20-9-7-17)12-5-10-22-15-4-2-1-3-13(15)16(12)21-23/h1-4,14H,5-11H2. The topological polar surface area (TPSA) is 55.8 Å². The van der Waals surface area contributed by atoms with Gasteiger partial charge < -0.3 is 8.92 Å². The highest BCUT2D eigenvalue weighted by Crippen LogP contribution is 2.41. The molecule has 1 saturated heterocycles. The van der Waals surface area contributed by atoms with Gasteiger partial charge in [0.1, 0.15) is 5.75 Å². The molecule has 0 radical (unpaired) electrons. The summed E-state index contributed by atoms with van der Waals surface area (Å²) in [4.78, 5) is 3.33. The average molecular weight is 353 g/mol. The van der Waals surface area contributed by atoms with Gasteiger partial charge in [0, 0.05) is 29.3 Å². The van der Waals surface area contributed by atoms with Gasteiger partial charge in [-0.2, -0.15) is 8.42 Å². The molecule has 3 heterocycles. The fourth-order valence-corrected chi connectivity index (χ4v) is 5.77. The van der Waals surface area contributed by atoms with Crippen LogP contribution in [0.25, 0.3) is 5.76 Å². The molecule has 0 N–H and O–H groups in total. The van der Waals surface area contributed by atoms with E-state index in [1.54, 1.807) is 11.8 Å². The Hall–Kier alpha value is -1.02. The van der Waals surface area contributed by atoms with Gasteiger partial charge in [0.25, 0.3) is 0 Å². The molecular formula is C16H19NO4S2. The Morgan fingerprint density at radius 2 is 1.96 bits per heavy atom. The molecule has 1 aromatic carbocycles. The SMILES string of the molecule is O=S1(=O)CC(N2CCOCC2)C2=C(O1)c1ccccc1SCC2. The fourth-order valence-electron chi connectivity index (χ4n) is 3.42. The van der Waals surface area contributed by atoms with Crippen LogP contribution in [0.3, 0.4) is 0 Å². The Bertz CT molecular complexity index is 738. The van der Waals surface area contributed by atoms with Crippen molar-refractivity contribution in [3.63, 3.8) is 0 Å². The average Bonchev–Trinajstić information content (AvgIpc) is 2.74. The molecule has 0 bridgehead atoms. The molecule has 0 aliphatic carbocycles. The van der Waals surface area contributed by atoms with Crippen LogP contribution in [-0.2, 0) is 19.0 Å². The molecule has 3 aliphatic rings. The van der Waals surface area contributed by atoms with E-state index in [0.717, 1.165) is 41.3 Å². The van der Waals surface area contributed by atoms with Gasteiger partial charge >= 0.3 is 10.1 Å². The zero-order valence-corrected chi connectivity index (χ0v) is 14.4. The number of hydrogen-bond acceptors (Lipinski definition) is 6. The van der Waals surface area contributed by atoms with Crippen molar-refractivity contribution in [1.29, 1.82) is 0 Å². The first-order valence-corrected chi connectivity index (χ1v) is 10.4. The first-order valence-electron chi connectivity index (χ1n) is 7.83. The van der Waals surface area contributed by atoms with Crippen molar-refractivity contribution in [3.8, 4) is 0 Å². The second-order valence-corrected chi connectivity index (χ2v) is 8.67. The summed E-state index contributed by atoms with van der Waals surface area (Å²) in [6.45, 7) is 2.86. The van der Waals surface area contributed by atoms with Gasteiger partial charge in [-0.1, -0.05) is 18.2 Å². The van der Waals surface area contributed by atoms with Gasteiger partial charge in [-0.25, -0.2) is 0 Å². The van der Waals surface area contributed by atoms with E-state index in [9.17, 15) is 8.42 Å². The highest BCUT2D eigenvalue weighted by Gasteiger charge is 2.39. The van der Waals surface area contributed by atoms with E-state index in [4.69, 9.17) is 8.92 Å². The number of nitrogens with zero attached hydrogens (tertiary/aromatic N) is 1. The zero-order valence-electron chi connectivity index (χ0n) is 12.7. The number of benzene rings is 1. The zero-order chi connectivity index (χ0) is 15.9. The number of morpholine rings is 1. The molecule has 1 unspecified atom stereocenters. The van der Waals surface area contributed by atoms with Crippen LogP contribution in [0.1, 0.15) is 12.0 Å². The molecular weight excluding hydrogens is 334 g/mol. The Morgan fingerprint density at radius 3 is 2.78 bits per heavy atom. The van der Waals surface area contributed by atoms with Gasteiger partial charge in [0.05, 0.1) is 19.3 Å². The van der Waals surface area contributed by atoms with Crippen LogP contribution in [0.2, 0.25) is 0 Å². The van der Waals surface area contributed by atoms with Crippen LogP contribution in [0.5, 0.6) is 0 Å². The summed E-state index contributed by atoms with van der Waals surface area (Å²) in [5.41, 5.74) is 2.03. The van der Waals surface area contributed by atoms with E-state index >= 15 is 0 Å². The normalized spacial score (nSPS) is 27.6. The van der Waals surface area contributed by atoms with Crippen LogP contribution in [0.4, 0.5) is 0 Å². The molecule has 5 nitrogen and oxygen atoms in total. The van der Waals surface area contributed by atoms with Crippen molar-refractivity contribution in [1.82, 2.24) is 4.90 Å². The summed E-state index contributed by atoms with van der Waals surface area (Å²) in [7, 11) is -3.56. The number of ether oxygens (including phenoxy) is 1. The maximum absolute atomic E-state index is 12.4. The van der Waals surface area contributed by atoms with E-state index in [-0.39, 0.29) is 11.8 Å². The minimum atomic E-state index is -3.56. The van der Waals surface area contributed by atoms with Gasteiger partial charge in [-0.15, -0.1) is 11.8 Å². The van der Waals surface area contributed by atoms with Crippen LogP contribution in [-0.4, -0.2) is 57.2 Å². The summed E-state index contributed by atoms with van der Waals surface area (Å²) in [6, 6.07) is 7.81. The molecule has 23 heavy (non-hydrogen) atoms. The summed E-state index contributed by atoms with van der Waals surface area (Å²) < 4.78 is 35.6. The second kappa shape index (κ2) is 6.12. The molecule has 0 spiro atoms. The lowest BCUT2D eigenvalue weighted by molar-refractivity contribution is 0.0259. The van der Waals surface area contributed by atoms with Crippen molar-refractivity contribution in [2.24, 2.45) is 0 Å². The minimum absolute atomic E-state index is 0.0403. The van der Waals surface area contributed by atoms with Crippen LogP contribution in [0, 0.1) is 0 Å². The molecule has 1 aromatic rings. The molecule has 3 aliphatic heterocycles. The van der Waals surface area contributed by atoms with E-state index < -0.39 is 10.1 Å². The third kappa shape index (κ3) is 3.03. The Balaban J connectivity index is 1.82. The molecule has 4 rings (SSSR count). The Morgan fingerprint density at radius 1 is 1.17 bits per heavy atom. The highest BCUT2D eigenvalue weighted by molar-refractivity contribution is 7.99. The first kappa shape index (κ1) is 15.5. The summed E-state index contributed by atoms with van der Waals surface area (Å²) >= 11 is 1.76. The molecule has 0 saturated carbocycles. The maximum atomic E-state index is 12.4. The predicted octanol–water partition coefficient (Wildman–Crippen LogP) is 1.95. The lowest BCUT2D eigenvalue weighted by Gasteiger charge is -2.38. The van der Waals surface area contributed by atoms with Crippen molar-refractivity contribution in [3.05, 3.63) is 35.4 Å². The van der Waals surface area contributed by atoms with E-state index in [1.165, 1.54) is 0 Å². The fraction of sp³-hybridized carbons (Fsp3) is 0.500. The Kier molecular flexibility index (Phi) is 4.13. The van der Waals surface area contributed by atoms with Crippen molar-refractivity contribution in [2.45, 2.75) is 17.4 Å². The molecule has 0 aromatic heterocycles. The maximum Gasteiger partial charge on any atom is 0.311 e. The van der Waals surface area contributed by atoms with E-state index in [0.29, 0.717) is 19.0 Å². The van der Waals surface area contributed by atoms with E-state index in [2.05, 4.69) is 4.90 Å². The summed E-state index contributed by atoms with van der Waals surface area (Å²) in [6.07, 6.45) is 0.853. The van der Waals surface area contributed by atoms with E-state index in [1.807, 2.05) is 24.3 Å². The molecule has 1 fully saturated rings. The monoisotopic (exact) mass is 353 g/mol. The van der Waals surface area contributed by atoms with Crippen LogP contribution >= 0.6 is 11.8 Å². The van der Waals surface area contributed by atoms with Crippen molar-refractivity contribution >= 4 is 27.6 Å². The number of hydrogen-bond donors (Lipinski definition) is 0. The second-order valence-electron chi connectivity index (χ2n) is 5.92. The van der Waals surface area contributed by atoms with Gasteiger partial charge in [0.2, 0.25) is 0 Å². The lowest BCUT2D eigenvalue weighted by Crippen LogP contribution is -2.49. The quantitative estimate of drug-likeness (QED) is 0.720. The van der Waals surface area contributed by atoms with Gasteiger partial charge in [-0.3, -0.25) is 4.90 Å². The molecule has 1 atom stereocenters. The summed E-state index contributed by atoms with van der Waals surface area (Å²) in [5.74, 6) is 1.55. The summed E-state index contributed by atoms with van der Waals surface area (Å²) in [5, 5.41) is 0. The lowest BCUT2D eigenvalue weighted by atomic mass is 9.98. The number of fused-ring (bicyclic) bond motifs is 2. The van der Waals surface area contributed by atoms with Gasteiger partial charge in [0.15, 0.2) is 5.76 Å². The Labute approximate surface area is 140 Å². The first-order chi connectivity index (χ1) is 11.1. The molecule has 124 valence electrons. The third-order valence-electron chi connectivity index (χ3n) is 4.51. The number of rotatable bonds is 1.